The summed E-state index contributed by atoms with van der Waals surface area (Å²) in [6.45, 7) is 1.74. The van der Waals surface area contributed by atoms with Gasteiger partial charge in [0, 0.05) is 16.2 Å². The minimum absolute atomic E-state index is 0.178. The van der Waals surface area contributed by atoms with Crippen LogP contribution in [0.2, 0.25) is 0 Å². The maximum absolute atomic E-state index is 10.9. The number of phenolic OH excluding ortho intramolecular Hbond substituents is 2. The molecule has 0 aliphatic heterocycles. The number of carboxylic acids is 1. The Hall–Kier alpha value is -3.77. The second-order valence-electron chi connectivity index (χ2n) is 6.78. The number of carbonyl (C=O) groups is 1. The van der Waals surface area contributed by atoms with Gasteiger partial charge in [-0.25, -0.2) is 4.79 Å². The molecule has 0 spiro atoms. The summed E-state index contributed by atoms with van der Waals surface area (Å²) < 4.78 is 7.11. The Balaban J connectivity index is 1.75. The van der Waals surface area contributed by atoms with Crippen molar-refractivity contribution in [2.75, 3.05) is 0 Å². The van der Waals surface area contributed by atoms with Gasteiger partial charge >= 0.3 is 5.97 Å². The Morgan fingerprint density at radius 3 is 2.27 bits per heavy atom. The number of rotatable bonds is 5. The third-order valence-corrected chi connectivity index (χ3v) is 5.81. The van der Waals surface area contributed by atoms with Crippen LogP contribution in [0.1, 0.15) is 12.5 Å². The van der Waals surface area contributed by atoms with E-state index in [0.29, 0.717) is 17.1 Å². The number of aliphatic carboxylic acids is 1. The number of benzene rings is 3. The lowest BCUT2D eigenvalue weighted by molar-refractivity contribution is -0.131. The number of allylic oxidation sites excluding steroid dienone is 1. The topological polar surface area (TPSA) is 87.0 Å². The van der Waals surface area contributed by atoms with Crippen molar-refractivity contribution in [1.82, 2.24) is 0 Å². The summed E-state index contributed by atoms with van der Waals surface area (Å²) in [7, 11) is 0. The number of ether oxygens (including phenoxy) is 1. The van der Waals surface area contributed by atoms with Crippen LogP contribution in [0.15, 0.2) is 72.8 Å². The van der Waals surface area contributed by atoms with Gasteiger partial charge in [-0.15, -0.1) is 11.3 Å². The fourth-order valence-electron chi connectivity index (χ4n) is 3.14. The first-order valence-corrected chi connectivity index (χ1v) is 9.97. The number of fused-ring (bicyclic) bond motifs is 1. The van der Waals surface area contributed by atoms with Crippen molar-refractivity contribution in [2.45, 2.75) is 6.92 Å². The Labute approximate surface area is 176 Å². The van der Waals surface area contributed by atoms with Crippen LogP contribution in [0.25, 0.3) is 26.1 Å². The van der Waals surface area contributed by atoms with E-state index in [1.54, 1.807) is 43.3 Å². The number of phenols is 2. The van der Waals surface area contributed by atoms with Gasteiger partial charge in [-0.05, 0) is 78.2 Å². The van der Waals surface area contributed by atoms with Crippen molar-refractivity contribution in [1.29, 1.82) is 0 Å². The molecule has 6 heteroatoms. The van der Waals surface area contributed by atoms with Crippen LogP contribution in [-0.4, -0.2) is 21.3 Å². The molecule has 0 atom stereocenters. The first kappa shape index (κ1) is 19.5. The van der Waals surface area contributed by atoms with E-state index >= 15 is 0 Å². The molecular weight excluding hydrogens is 400 g/mol. The minimum Gasteiger partial charge on any atom is -0.508 e. The number of hydrogen-bond acceptors (Lipinski definition) is 5. The quantitative estimate of drug-likeness (QED) is 0.333. The highest BCUT2D eigenvalue weighted by atomic mass is 32.1. The average Bonchev–Trinajstić information content (AvgIpc) is 3.06. The molecule has 0 aliphatic rings. The first-order valence-electron chi connectivity index (χ1n) is 9.15. The molecule has 0 saturated heterocycles. The standard InChI is InChI=1S/C24H18O5S/c1-14(12-22(27)28)15-4-9-19(10-5-15)29-23-20-11-8-18(26)13-21(20)30-24(23)16-2-6-17(25)7-3-16/h2-13,25-26H,1H3,(H,27,28)/b14-12-. The second-order valence-corrected chi connectivity index (χ2v) is 7.83. The fraction of sp³-hybridized carbons (Fsp3) is 0.0417. The van der Waals surface area contributed by atoms with E-state index in [-0.39, 0.29) is 11.5 Å². The predicted octanol–water partition coefficient (Wildman–Crippen LogP) is 6.26. The van der Waals surface area contributed by atoms with Gasteiger partial charge in [0.15, 0.2) is 5.75 Å². The summed E-state index contributed by atoms with van der Waals surface area (Å²) in [4.78, 5) is 11.7. The average molecular weight is 418 g/mol. The zero-order valence-electron chi connectivity index (χ0n) is 16.0. The Morgan fingerprint density at radius 1 is 0.933 bits per heavy atom. The summed E-state index contributed by atoms with van der Waals surface area (Å²) in [5.74, 6) is 0.637. The van der Waals surface area contributed by atoms with Crippen LogP contribution in [0, 0.1) is 0 Å². The second kappa shape index (κ2) is 7.93. The highest BCUT2D eigenvalue weighted by Gasteiger charge is 2.17. The lowest BCUT2D eigenvalue weighted by Crippen LogP contribution is -1.90. The van der Waals surface area contributed by atoms with E-state index in [2.05, 4.69) is 0 Å². The van der Waals surface area contributed by atoms with Crippen LogP contribution in [0.5, 0.6) is 23.0 Å². The number of aromatic hydroxyl groups is 2. The predicted molar refractivity (Wildman–Crippen MR) is 118 cm³/mol. The molecule has 0 aliphatic carbocycles. The van der Waals surface area contributed by atoms with E-state index in [1.165, 1.54) is 11.3 Å². The summed E-state index contributed by atoms with van der Waals surface area (Å²) in [6.07, 6.45) is 1.16. The summed E-state index contributed by atoms with van der Waals surface area (Å²) in [6, 6.07) is 19.2. The molecule has 0 radical (unpaired) electrons. The lowest BCUT2D eigenvalue weighted by Gasteiger charge is -2.09. The number of thiophene rings is 1. The van der Waals surface area contributed by atoms with E-state index < -0.39 is 5.97 Å². The van der Waals surface area contributed by atoms with E-state index in [4.69, 9.17) is 9.84 Å². The van der Waals surface area contributed by atoms with Gasteiger partial charge in [0.2, 0.25) is 0 Å². The molecule has 4 aromatic rings. The van der Waals surface area contributed by atoms with Gasteiger partial charge in [-0.3, -0.25) is 0 Å². The molecular formula is C24H18O5S. The normalized spacial score (nSPS) is 11.6. The molecule has 4 rings (SSSR count). The fourth-order valence-corrected chi connectivity index (χ4v) is 4.31. The van der Waals surface area contributed by atoms with E-state index in [1.807, 2.05) is 30.3 Å². The van der Waals surface area contributed by atoms with Gasteiger partial charge < -0.3 is 20.1 Å². The molecule has 5 nitrogen and oxygen atoms in total. The highest BCUT2D eigenvalue weighted by Crippen LogP contribution is 2.47. The maximum Gasteiger partial charge on any atom is 0.328 e. The third-order valence-electron chi connectivity index (χ3n) is 4.63. The molecule has 1 heterocycles. The molecule has 150 valence electrons. The van der Waals surface area contributed by atoms with Gasteiger partial charge in [0.05, 0.1) is 4.88 Å². The molecule has 3 aromatic carbocycles. The molecule has 3 N–H and O–H groups in total. The Morgan fingerprint density at radius 2 is 1.60 bits per heavy atom. The van der Waals surface area contributed by atoms with Crippen molar-refractivity contribution in [3.8, 4) is 33.4 Å². The van der Waals surface area contributed by atoms with Crippen molar-refractivity contribution >= 4 is 33.0 Å². The molecule has 0 fully saturated rings. The SMILES string of the molecule is C/C(=C/C(=O)O)c1ccc(Oc2c(-c3ccc(O)cc3)sc3cc(O)ccc23)cc1. The maximum atomic E-state index is 10.9. The molecule has 1 aromatic heterocycles. The van der Waals surface area contributed by atoms with Crippen LogP contribution < -0.4 is 4.74 Å². The Kier molecular flexibility index (Phi) is 5.16. The summed E-state index contributed by atoms with van der Waals surface area (Å²) >= 11 is 1.49. The van der Waals surface area contributed by atoms with Crippen LogP contribution in [0.3, 0.4) is 0 Å². The van der Waals surface area contributed by atoms with Crippen molar-refractivity contribution < 1.29 is 24.9 Å². The monoisotopic (exact) mass is 418 g/mol. The van der Waals surface area contributed by atoms with Gasteiger partial charge in [0.25, 0.3) is 0 Å². The van der Waals surface area contributed by atoms with Crippen LogP contribution in [0.4, 0.5) is 0 Å². The Bertz CT molecular complexity index is 1250. The van der Waals surface area contributed by atoms with Crippen molar-refractivity contribution in [3.63, 3.8) is 0 Å². The van der Waals surface area contributed by atoms with Crippen LogP contribution >= 0.6 is 11.3 Å². The minimum atomic E-state index is -0.987. The van der Waals surface area contributed by atoms with Crippen molar-refractivity contribution in [3.05, 3.63) is 78.4 Å². The van der Waals surface area contributed by atoms with Gasteiger partial charge in [0.1, 0.15) is 17.2 Å². The largest absolute Gasteiger partial charge is 0.508 e. The summed E-state index contributed by atoms with van der Waals surface area (Å²) in [5.41, 5.74) is 2.33. The lowest BCUT2D eigenvalue weighted by atomic mass is 10.1. The van der Waals surface area contributed by atoms with Gasteiger partial charge in [-0.1, -0.05) is 12.1 Å². The van der Waals surface area contributed by atoms with E-state index in [0.717, 1.165) is 32.2 Å². The smallest absolute Gasteiger partial charge is 0.328 e. The van der Waals surface area contributed by atoms with Gasteiger partial charge in [-0.2, -0.15) is 0 Å². The highest BCUT2D eigenvalue weighted by molar-refractivity contribution is 7.22. The first-order chi connectivity index (χ1) is 14.4. The van der Waals surface area contributed by atoms with Crippen molar-refractivity contribution in [2.24, 2.45) is 0 Å². The molecule has 0 saturated carbocycles. The number of carboxylic acid groups (broad SMARTS) is 1. The molecule has 0 bridgehead atoms. The third kappa shape index (κ3) is 3.99. The molecule has 30 heavy (non-hydrogen) atoms. The van der Waals surface area contributed by atoms with Crippen LogP contribution in [-0.2, 0) is 4.79 Å². The zero-order valence-corrected chi connectivity index (χ0v) is 16.8. The number of hydrogen-bond donors (Lipinski definition) is 3. The van der Waals surface area contributed by atoms with E-state index in [9.17, 15) is 15.0 Å². The molecule has 0 amide bonds. The summed E-state index contributed by atoms with van der Waals surface area (Å²) in [5, 5.41) is 29.2. The molecule has 0 unspecified atom stereocenters. The zero-order chi connectivity index (χ0) is 21.3.